The zero-order valence-electron chi connectivity index (χ0n) is 11.7. The van der Waals surface area contributed by atoms with Gasteiger partial charge in [0.05, 0.1) is 7.11 Å². The van der Waals surface area contributed by atoms with Gasteiger partial charge in [0, 0.05) is 36.4 Å². The number of ether oxygens (including phenoxy) is 1. The van der Waals surface area contributed by atoms with Crippen molar-refractivity contribution in [2.75, 3.05) is 13.7 Å². The van der Waals surface area contributed by atoms with Crippen molar-refractivity contribution in [2.45, 2.75) is 11.3 Å². The summed E-state index contributed by atoms with van der Waals surface area (Å²) in [7, 11) is -0.363. The van der Waals surface area contributed by atoms with Gasteiger partial charge in [-0.05, 0) is 24.3 Å². The van der Waals surface area contributed by atoms with Crippen molar-refractivity contribution >= 4 is 26.0 Å². The molecule has 0 radical (unpaired) electrons. The van der Waals surface area contributed by atoms with Crippen LogP contribution in [-0.2, 0) is 23.5 Å². The van der Waals surface area contributed by atoms with Crippen LogP contribution in [0.15, 0.2) is 39.8 Å². The Bertz CT molecular complexity index is 728. The fraction of sp³-hybridized carbons (Fsp3) is 0.308. The van der Waals surface area contributed by atoms with Crippen molar-refractivity contribution in [1.29, 1.82) is 0 Å². The molecule has 2 rings (SSSR count). The van der Waals surface area contributed by atoms with Crippen molar-refractivity contribution in [2.24, 2.45) is 7.05 Å². The summed E-state index contributed by atoms with van der Waals surface area (Å²) in [6, 6.07) is 6.71. The monoisotopic (exact) mass is 373 g/mol. The van der Waals surface area contributed by atoms with Crippen LogP contribution < -0.4 is 9.46 Å². The van der Waals surface area contributed by atoms with E-state index >= 15 is 0 Å². The first-order valence-electron chi connectivity index (χ1n) is 6.24. The van der Waals surface area contributed by atoms with Crippen LogP contribution in [0, 0.1) is 0 Å². The predicted molar refractivity (Wildman–Crippen MR) is 82.8 cm³/mol. The highest BCUT2D eigenvalue weighted by molar-refractivity contribution is 9.10. The minimum absolute atomic E-state index is 0.115. The van der Waals surface area contributed by atoms with E-state index in [1.165, 1.54) is 13.2 Å². The summed E-state index contributed by atoms with van der Waals surface area (Å²) >= 11 is 3.27. The molecule has 0 amide bonds. The molecule has 1 aromatic carbocycles. The number of halogens is 1. The van der Waals surface area contributed by atoms with Gasteiger partial charge in [-0.15, -0.1) is 0 Å². The van der Waals surface area contributed by atoms with Crippen LogP contribution >= 0.6 is 15.9 Å². The lowest BCUT2D eigenvalue weighted by molar-refractivity contribution is 0.402. The molecule has 21 heavy (non-hydrogen) atoms. The number of hydrogen-bond acceptors (Lipinski definition) is 4. The Morgan fingerprint density at radius 1 is 1.38 bits per heavy atom. The van der Waals surface area contributed by atoms with E-state index in [2.05, 4.69) is 25.8 Å². The first-order chi connectivity index (χ1) is 9.94. The molecular formula is C13H16BrN3O3S. The molecule has 0 aliphatic carbocycles. The molecule has 0 aliphatic heterocycles. The summed E-state index contributed by atoms with van der Waals surface area (Å²) < 4.78 is 34.8. The van der Waals surface area contributed by atoms with E-state index in [-0.39, 0.29) is 11.4 Å². The topological polar surface area (TPSA) is 73.2 Å². The number of sulfonamides is 1. The summed E-state index contributed by atoms with van der Waals surface area (Å²) in [6.07, 6.45) is 2.24. The van der Waals surface area contributed by atoms with Crippen molar-refractivity contribution < 1.29 is 13.2 Å². The average Bonchev–Trinajstić information content (AvgIpc) is 2.84. The van der Waals surface area contributed by atoms with Gasteiger partial charge in [-0.1, -0.05) is 15.9 Å². The van der Waals surface area contributed by atoms with Gasteiger partial charge in [-0.25, -0.2) is 13.1 Å². The Morgan fingerprint density at radius 2 is 2.14 bits per heavy atom. The molecule has 6 nitrogen and oxygen atoms in total. The second-order valence-corrected chi connectivity index (χ2v) is 7.04. The van der Waals surface area contributed by atoms with Crippen molar-refractivity contribution in [3.63, 3.8) is 0 Å². The first-order valence-corrected chi connectivity index (χ1v) is 8.52. The SMILES string of the molecule is COc1ccc(Br)cc1S(=O)(=O)NCCc1ccnn1C. The van der Waals surface area contributed by atoms with E-state index in [0.717, 1.165) is 5.69 Å². The van der Waals surface area contributed by atoms with Gasteiger partial charge in [-0.3, -0.25) is 4.68 Å². The number of aromatic nitrogens is 2. The zero-order valence-corrected chi connectivity index (χ0v) is 14.1. The molecule has 0 saturated carbocycles. The van der Waals surface area contributed by atoms with Crippen molar-refractivity contribution in [3.05, 3.63) is 40.6 Å². The maximum atomic E-state index is 12.3. The molecule has 0 unspecified atom stereocenters. The molecular weight excluding hydrogens is 358 g/mol. The zero-order chi connectivity index (χ0) is 15.5. The Morgan fingerprint density at radius 3 is 2.76 bits per heavy atom. The summed E-state index contributed by atoms with van der Waals surface area (Å²) in [5.41, 5.74) is 0.957. The number of hydrogen-bond donors (Lipinski definition) is 1. The van der Waals surface area contributed by atoms with Gasteiger partial charge in [-0.2, -0.15) is 5.10 Å². The van der Waals surface area contributed by atoms with Crippen LogP contribution in [0.4, 0.5) is 0 Å². The highest BCUT2D eigenvalue weighted by Gasteiger charge is 2.19. The number of aryl methyl sites for hydroxylation is 1. The number of rotatable bonds is 6. The average molecular weight is 374 g/mol. The Labute approximate surface area is 132 Å². The third-order valence-electron chi connectivity index (χ3n) is 3.01. The molecule has 114 valence electrons. The Balaban J connectivity index is 2.12. The number of benzene rings is 1. The van der Waals surface area contributed by atoms with Crippen LogP contribution in [0.2, 0.25) is 0 Å². The predicted octanol–water partition coefficient (Wildman–Crippen LogP) is 1.71. The molecule has 0 atom stereocenters. The van der Waals surface area contributed by atoms with Crippen LogP contribution in [0.5, 0.6) is 5.75 Å². The summed E-state index contributed by atoms with van der Waals surface area (Å²) in [5.74, 6) is 0.311. The second-order valence-electron chi connectivity index (χ2n) is 4.39. The van der Waals surface area contributed by atoms with E-state index in [1.54, 1.807) is 23.0 Å². The maximum absolute atomic E-state index is 12.3. The lowest BCUT2D eigenvalue weighted by Crippen LogP contribution is -2.27. The highest BCUT2D eigenvalue weighted by atomic mass is 79.9. The normalized spacial score (nSPS) is 11.6. The van der Waals surface area contributed by atoms with E-state index in [0.29, 0.717) is 16.6 Å². The van der Waals surface area contributed by atoms with Crippen LogP contribution in [0.3, 0.4) is 0 Å². The van der Waals surface area contributed by atoms with E-state index in [4.69, 9.17) is 4.74 Å². The molecule has 8 heteroatoms. The van der Waals surface area contributed by atoms with Gasteiger partial charge in [0.2, 0.25) is 10.0 Å². The number of nitrogens with one attached hydrogen (secondary N) is 1. The maximum Gasteiger partial charge on any atom is 0.244 e. The quantitative estimate of drug-likeness (QED) is 0.836. The third-order valence-corrected chi connectivity index (χ3v) is 4.99. The molecule has 1 N–H and O–H groups in total. The minimum Gasteiger partial charge on any atom is -0.495 e. The molecule has 0 aliphatic rings. The Hall–Kier alpha value is -1.38. The fourth-order valence-electron chi connectivity index (χ4n) is 1.90. The largest absolute Gasteiger partial charge is 0.495 e. The molecule has 0 spiro atoms. The van der Waals surface area contributed by atoms with Crippen LogP contribution in [-0.4, -0.2) is 31.9 Å². The number of nitrogens with zero attached hydrogens (tertiary/aromatic N) is 2. The van der Waals surface area contributed by atoms with Crippen molar-refractivity contribution in [1.82, 2.24) is 14.5 Å². The van der Waals surface area contributed by atoms with Gasteiger partial charge in [0.25, 0.3) is 0 Å². The van der Waals surface area contributed by atoms with E-state index < -0.39 is 10.0 Å². The molecule has 1 aromatic heterocycles. The lowest BCUT2D eigenvalue weighted by Gasteiger charge is -2.11. The summed E-state index contributed by atoms with van der Waals surface area (Å²) in [4.78, 5) is 0.115. The highest BCUT2D eigenvalue weighted by Crippen LogP contribution is 2.26. The second kappa shape index (κ2) is 6.59. The fourth-order valence-corrected chi connectivity index (χ4v) is 3.64. The molecule has 1 heterocycles. The third kappa shape index (κ3) is 3.84. The van der Waals surface area contributed by atoms with Gasteiger partial charge >= 0.3 is 0 Å². The standard InChI is InChI=1S/C13H16BrN3O3S/c1-17-11(5-7-15-17)6-8-16-21(18,19)13-9-10(14)3-4-12(13)20-2/h3-5,7,9,16H,6,8H2,1-2H3. The van der Waals surface area contributed by atoms with Gasteiger partial charge < -0.3 is 4.74 Å². The van der Waals surface area contributed by atoms with Crippen LogP contribution in [0.25, 0.3) is 0 Å². The van der Waals surface area contributed by atoms with E-state index in [1.807, 2.05) is 13.1 Å². The lowest BCUT2D eigenvalue weighted by atomic mass is 10.3. The number of methoxy groups -OCH3 is 1. The van der Waals surface area contributed by atoms with Gasteiger partial charge in [0.15, 0.2) is 0 Å². The minimum atomic E-state index is -3.63. The van der Waals surface area contributed by atoms with Gasteiger partial charge in [0.1, 0.15) is 10.6 Å². The van der Waals surface area contributed by atoms with Crippen LogP contribution in [0.1, 0.15) is 5.69 Å². The molecule has 0 saturated heterocycles. The summed E-state index contributed by atoms with van der Waals surface area (Å²) in [6.45, 7) is 0.289. The molecule has 2 aromatic rings. The molecule has 0 bridgehead atoms. The Kier molecular flexibility index (Phi) is 5.02. The molecule has 0 fully saturated rings. The van der Waals surface area contributed by atoms with E-state index in [9.17, 15) is 8.42 Å². The smallest absolute Gasteiger partial charge is 0.244 e. The first kappa shape index (κ1) is 16.0. The summed E-state index contributed by atoms with van der Waals surface area (Å²) in [5, 5.41) is 4.04. The van der Waals surface area contributed by atoms with Crippen molar-refractivity contribution in [3.8, 4) is 5.75 Å².